The first-order valence-corrected chi connectivity index (χ1v) is 9.25. The van der Waals surface area contributed by atoms with E-state index in [9.17, 15) is 0 Å². The molecule has 4 rings (SSSR count). The number of hydrogen-bond donors (Lipinski definition) is 0. The molecule has 2 atom stereocenters. The average molecular weight is 305 g/mol. The molecule has 0 bridgehead atoms. The van der Waals surface area contributed by atoms with E-state index in [0.29, 0.717) is 12.0 Å². The molecule has 2 unspecified atom stereocenters. The lowest BCUT2D eigenvalue weighted by atomic mass is 9.88. The van der Waals surface area contributed by atoms with Gasteiger partial charge in [-0.25, -0.2) is 0 Å². The molecule has 0 N–H and O–H groups in total. The van der Waals surface area contributed by atoms with Crippen molar-refractivity contribution in [1.82, 2.24) is 0 Å². The van der Waals surface area contributed by atoms with Crippen LogP contribution >= 0.6 is 0 Å². The number of benzene rings is 1. The number of nitrogens with zero attached hydrogens (tertiary/aromatic N) is 1. The first-order chi connectivity index (χ1) is 11.4. The first-order valence-electron chi connectivity index (χ1n) is 9.25. The van der Waals surface area contributed by atoms with E-state index < -0.39 is 0 Å². The lowest BCUT2D eigenvalue weighted by molar-refractivity contribution is 0.354. The summed E-state index contributed by atoms with van der Waals surface area (Å²) in [6.45, 7) is 3.32. The fourth-order valence-corrected chi connectivity index (χ4v) is 4.61. The minimum Gasteiger partial charge on any atom is -0.364 e. The molecule has 0 amide bonds. The van der Waals surface area contributed by atoms with Crippen molar-refractivity contribution in [2.45, 2.75) is 51.0 Å². The summed E-state index contributed by atoms with van der Waals surface area (Å²) < 4.78 is 0. The Kier molecular flexibility index (Phi) is 4.11. The van der Waals surface area contributed by atoms with Crippen molar-refractivity contribution in [3.05, 3.63) is 59.7 Å². The Labute approximate surface area is 140 Å². The maximum Gasteiger partial charge on any atom is 0.0580 e. The second kappa shape index (κ2) is 6.39. The van der Waals surface area contributed by atoms with E-state index in [1.165, 1.54) is 55.5 Å². The molecule has 1 heterocycles. The fraction of sp³-hybridized carbons (Fsp3) is 0.455. The highest BCUT2D eigenvalue weighted by molar-refractivity contribution is 5.69. The molecule has 1 aromatic carbocycles. The van der Waals surface area contributed by atoms with Gasteiger partial charge in [0.15, 0.2) is 0 Å². The average Bonchev–Trinajstić information content (AvgIpc) is 2.90. The van der Waals surface area contributed by atoms with Crippen LogP contribution in [-0.4, -0.2) is 12.6 Å². The summed E-state index contributed by atoms with van der Waals surface area (Å²) in [5.41, 5.74) is 4.31. The third kappa shape index (κ3) is 2.78. The van der Waals surface area contributed by atoms with Crippen LogP contribution in [0.3, 0.4) is 0 Å². The van der Waals surface area contributed by atoms with E-state index in [1.54, 1.807) is 0 Å². The van der Waals surface area contributed by atoms with E-state index in [0.717, 1.165) is 5.92 Å². The smallest absolute Gasteiger partial charge is 0.0580 e. The van der Waals surface area contributed by atoms with Gasteiger partial charge in [-0.3, -0.25) is 0 Å². The number of fused-ring (bicyclic) bond motifs is 3. The van der Waals surface area contributed by atoms with Crippen LogP contribution in [0.5, 0.6) is 0 Å². The second-order valence-corrected chi connectivity index (χ2v) is 7.26. The Balaban J connectivity index is 1.66. The highest BCUT2D eigenvalue weighted by atomic mass is 15.2. The molecule has 1 aliphatic heterocycles. The summed E-state index contributed by atoms with van der Waals surface area (Å²) in [5.74, 6) is 1.41. The molecular weight excluding hydrogens is 278 g/mol. The quantitative estimate of drug-likeness (QED) is 0.692. The highest BCUT2D eigenvalue weighted by Crippen LogP contribution is 2.45. The SMILES string of the molecule is C/C=C/c1ccc2c(c1)C1C=CC=CC1N2CC1CCCCC1. The standard InChI is InChI=1S/C22H27N/c1-2-8-17-13-14-22-20(15-17)19-11-6-7-12-21(19)23(22)16-18-9-4-3-5-10-18/h2,6-8,11-15,18-19,21H,3-5,9-10,16H2,1H3/b8-2+. The van der Waals surface area contributed by atoms with Gasteiger partial charge < -0.3 is 4.90 Å². The normalized spacial score (nSPS) is 26.7. The summed E-state index contributed by atoms with van der Waals surface area (Å²) in [4.78, 5) is 2.69. The van der Waals surface area contributed by atoms with Crippen molar-refractivity contribution in [2.75, 3.05) is 11.4 Å². The highest BCUT2D eigenvalue weighted by Gasteiger charge is 2.37. The largest absolute Gasteiger partial charge is 0.364 e. The van der Waals surface area contributed by atoms with E-state index in [2.05, 4.69) is 66.5 Å². The van der Waals surface area contributed by atoms with Crippen molar-refractivity contribution < 1.29 is 0 Å². The van der Waals surface area contributed by atoms with Gasteiger partial charge in [-0.15, -0.1) is 0 Å². The van der Waals surface area contributed by atoms with Crippen LogP contribution in [0.4, 0.5) is 5.69 Å². The zero-order valence-corrected chi connectivity index (χ0v) is 14.1. The lowest BCUT2D eigenvalue weighted by Crippen LogP contribution is -2.37. The van der Waals surface area contributed by atoms with Crippen LogP contribution in [0.2, 0.25) is 0 Å². The van der Waals surface area contributed by atoms with Gasteiger partial charge in [-0.1, -0.05) is 61.8 Å². The van der Waals surface area contributed by atoms with Gasteiger partial charge in [0.05, 0.1) is 6.04 Å². The molecule has 1 fully saturated rings. The number of anilines is 1. The van der Waals surface area contributed by atoms with Crippen molar-refractivity contribution in [1.29, 1.82) is 0 Å². The molecule has 1 saturated carbocycles. The molecule has 0 radical (unpaired) electrons. The Morgan fingerprint density at radius 2 is 1.91 bits per heavy atom. The third-order valence-corrected chi connectivity index (χ3v) is 5.72. The minimum absolute atomic E-state index is 0.526. The van der Waals surface area contributed by atoms with Gasteiger partial charge in [0, 0.05) is 18.2 Å². The maximum absolute atomic E-state index is 2.69. The topological polar surface area (TPSA) is 3.24 Å². The molecule has 1 heteroatoms. The van der Waals surface area contributed by atoms with E-state index in [4.69, 9.17) is 0 Å². The van der Waals surface area contributed by atoms with Crippen LogP contribution < -0.4 is 4.90 Å². The Morgan fingerprint density at radius 3 is 2.74 bits per heavy atom. The molecule has 1 nitrogen and oxygen atoms in total. The fourth-order valence-electron chi connectivity index (χ4n) is 4.61. The Hall–Kier alpha value is -1.76. The van der Waals surface area contributed by atoms with E-state index in [1.807, 2.05) is 0 Å². The lowest BCUT2D eigenvalue weighted by Gasteiger charge is -2.33. The van der Waals surface area contributed by atoms with Gasteiger partial charge in [0.1, 0.15) is 0 Å². The number of rotatable bonds is 3. The van der Waals surface area contributed by atoms with Gasteiger partial charge in [-0.05, 0) is 48.9 Å². The second-order valence-electron chi connectivity index (χ2n) is 7.26. The molecule has 0 spiro atoms. The zero-order valence-electron chi connectivity index (χ0n) is 14.1. The summed E-state index contributed by atoms with van der Waals surface area (Å²) in [7, 11) is 0. The molecular formula is C22H27N. The van der Waals surface area contributed by atoms with Gasteiger partial charge in [0.25, 0.3) is 0 Å². The molecule has 120 valence electrons. The maximum atomic E-state index is 2.69. The first kappa shape index (κ1) is 14.8. The minimum atomic E-state index is 0.526. The Bertz CT molecular complexity index is 646. The van der Waals surface area contributed by atoms with Crippen LogP contribution in [0, 0.1) is 5.92 Å². The van der Waals surface area contributed by atoms with E-state index in [-0.39, 0.29) is 0 Å². The molecule has 0 aromatic heterocycles. The predicted octanol–water partition coefficient (Wildman–Crippen LogP) is 5.70. The van der Waals surface area contributed by atoms with Crippen LogP contribution in [0.25, 0.3) is 6.08 Å². The third-order valence-electron chi connectivity index (χ3n) is 5.72. The predicted molar refractivity (Wildman–Crippen MR) is 99.9 cm³/mol. The number of hydrogen-bond acceptors (Lipinski definition) is 1. The van der Waals surface area contributed by atoms with Gasteiger partial charge in [0.2, 0.25) is 0 Å². The number of allylic oxidation sites excluding steroid dienone is 3. The monoisotopic (exact) mass is 305 g/mol. The summed E-state index contributed by atoms with van der Waals surface area (Å²) in [6.07, 6.45) is 20.7. The van der Waals surface area contributed by atoms with Crippen molar-refractivity contribution >= 4 is 11.8 Å². The molecule has 1 aromatic rings. The van der Waals surface area contributed by atoms with E-state index >= 15 is 0 Å². The zero-order chi connectivity index (χ0) is 15.6. The van der Waals surface area contributed by atoms with Gasteiger partial charge in [-0.2, -0.15) is 0 Å². The molecule has 3 aliphatic rings. The summed E-state index contributed by atoms with van der Waals surface area (Å²) >= 11 is 0. The molecule has 2 aliphatic carbocycles. The summed E-state index contributed by atoms with van der Waals surface area (Å²) in [5, 5.41) is 0. The Morgan fingerprint density at radius 1 is 1.09 bits per heavy atom. The van der Waals surface area contributed by atoms with Gasteiger partial charge >= 0.3 is 0 Å². The summed E-state index contributed by atoms with van der Waals surface area (Å²) in [6, 6.07) is 7.56. The molecule has 23 heavy (non-hydrogen) atoms. The van der Waals surface area contributed by atoms with Crippen molar-refractivity contribution in [2.24, 2.45) is 5.92 Å². The van der Waals surface area contributed by atoms with Crippen molar-refractivity contribution in [3.8, 4) is 0 Å². The molecule has 0 saturated heterocycles. The van der Waals surface area contributed by atoms with Crippen LogP contribution in [0.15, 0.2) is 48.6 Å². The van der Waals surface area contributed by atoms with Crippen molar-refractivity contribution in [3.63, 3.8) is 0 Å². The van der Waals surface area contributed by atoms with Crippen LogP contribution in [-0.2, 0) is 0 Å². The van der Waals surface area contributed by atoms with Crippen LogP contribution in [0.1, 0.15) is 56.1 Å².